The summed E-state index contributed by atoms with van der Waals surface area (Å²) in [5, 5.41) is 4.85. The smallest absolute Gasteiger partial charge is 0.0986 e. The van der Waals surface area contributed by atoms with Gasteiger partial charge in [0.25, 0.3) is 0 Å². The lowest BCUT2D eigenvalue weighted by Crippen LogP contribution is -2.10. The maximum absolute atomic E-state index is 5.27. The molecule has 0 radical (unpaired) electrons. The van der Waals surface area contributed by atoms with Crippen LogP contribution in [0.5, 0.6) is 0 Å². The summed E-state index contributed by atoms with van der Waals surface area (Å²) >= 11 is 0. The molecular formula is C48H30N4. The molecule has 4 nitrogen and oxygen atoms in total. The van der Waals surface area contributed by atoms with Gasteiger partial charge in [-0.1, -0.05) is 109 Å². The van der Waals surface area contributed by atoms with Gasteiger partial charge in [0.2, 0.25) is 0 Å². The largest absolute Gasteiger partial charge is 0.311 e. The summed E-state index contributed by atoms with van der Waals surface area (Å²) in [7, 11) is 0. The van der Waals surface area contributed by atoms with E-state index in [1.54, 1.807) is 0 Å². The van der Waals surface area contributed by atoms with E-state index in [2.05, 4.69) is 179 Å². The van der Waals surface area contributed by atoms with Gasteiger partial charge >= 0.3 is 0 Å². The number of rotatable bonds is 5. The summed E-state index contributed by atoms with van der Waals surface area (Å²) in [6.07, 6.45) is 0. The highest BCUT2D eigenvalue weighted by molar-refractivity contribution is 6.28. The highest BCUT2D eigenvalue weighted by Gasteiger charge is 2.29. The second kappa shape index (κ2) is 11.2. The molecule has 0 aliphatic heterocycles. The molecule has 0 saturated carbocycles. The molecular weight excluding hydrogens is 633 g/mol. The Bertz CT molecular complexity index is 2980. The van der Waals surface area contributed by atoms with Crippen molar-refractivity contribution in [3.63, 3.8) is 0 Å². The van der Waals surface area contributed by atoms with Crippen molar-refractivity contribution in [2.45, 2.75) is 0 Å². The van der Waals surface area contributed by atoms with Crippen LogP contribution < -0.4 is 4.90 Å². The Morgan fingerprint density at radius 1 is 0.423 bits per heavy atom. The average molecular weight is 663 g/mol. The van der Waals surface area contributed by atoms with Crippen molar-refractivity contribution < 1.29 is 0 Å². The minimum absolute atomic E-state index is 0.913. The lowest BCUT2D eigenvalue weighted by Gasteiger charge is -2.26. The Morgan fingerprint density at radius 3 is 1.77 bits per heavy atom. The molecule has 0 amide bonds. The Balaban J connectivity index is 1.09. The van der Waals surface area contributed by atoms with Gasteiger partial charge in [-0.2, -0.15) is 0 Å². The van der Waals surface area contributed by atoms with E-state index in [1.807, 2.05) is 12.1 Å². The fraction of sp³-hybridized carbons (Fsp3) is 0. The van der Waals surface area contributed by atoms with Gasteiger partial charge in [-0.05, 0) is 89.3 Å². The number of aromatic nitrogens is 3. The Labute approximate surface area is 300 Å². The van der Waals surface area contributed by atoms with Crippen molar-refractivity contribution >= 4 is 60.7 Å². The number of hydrogen-bond acceptors (Lipinski definition) is 3. The summed E-state index contributed by atoms with van der Waals surface area (Å²) in [6.45, 7) is 0. The topological polar surface area (TPSA) is 34.0 Å². The van der Waals surface area contributed by atoms with Crippen molar-refractivity contribution in [1.82, 2.24) is 14.5 Å². The zero-order valence-electron chi connectivity index (χ0n) is 28.1. The molecule has 2 heterocycles. The second-order valence-corrected chi connectivity index (χ2v) is 13.4. The zero-order valence-corrected chi connectivity index (χ0v) is 28.1. The molecule has 10 aromatic rings. The fourth-order valence-electron chi connectivity index (χ4n) is 8.18. The van der Waals surface area contributed by atoms with Crippen LogP contribution in [0.3, 0.4) is 0 Å². The maximum atomic E-state index is 5.27. The summed E-state index contributed by atoms with van der Waals surface area (Å²) < 4.78 is 2.41. The predicted octanol–water partition coefficient (Wildman–Crippen LogP) is 12.7. The first-order valence-corrected chi connectivity index (χ1v) is 17.7. The minimum atomic E-state index is 0.913. The molecule has 0 fully saturated rings. The van der Waals surface area contributed by atoms with Gasteiger partial charge in [0.05, 0.1) is 33.5 Å². The number of hydrogen-bond donors (Lipinski definition) is 0. The Hall–Kier alpha value is -7.04. The third-order valence-corrected chi connectivity index (χ3v) is 10.5. The van der Waals surface area contributed by atoms with Gasteiger partial charge in [0, 0.05) is 50.0 Å². The van der Waals surface area contributed by atoms with Crippen LogP contribution in [-0.2, 0) is 0 Å². The molecule has 2 aromatic heterocycles. The van der Waals surface area contributed by atoms with Gasteiger partial charge in [-0.25, -0.2) is 9.97 Å². The first-order chi connectivity index (χ1) is 25.8. The quantitative estimate of drug-likeness (QED) is 0.184. The third kappa shape index (κ3) is 4.28. The van der Waals surface area contributed by atoms with Crippen LogP contribution in [0.25, 0.3) is 82.9 Å². The minimum Gasteiger partial charge on any atom is -0.311 e. The van der Waals surface area contributed by atoms with Crippen molar-refractivity contribution in [2.24, 2.45) is 0 Å². The Kier molecular flexibility index (Phi) is 6.22. The summed E-state index contributed by atoms with van der Waals surface area (Å²) in [5.74, 6) is 0. The standard InChI is InChI=1S/C48H30N4/c1-3-12-31(13-4-1)32-22-24-35(25-23-32)51(34-15-5-2-6-16-34)36-26-28-37(29-27-36)52-42-21-10-7-17-38(42)45-43(52)30-33-14-11-18-39-44(33)46(45)48-47(39)49-40-19-8-9-20-41(40)50-48/h1-30H. The number of para-hydroxylation sites is 4. The number of fused-ring (bicyclic) bond motifs is 8. The molecule has 52 heavy (non-hydrogen) atoms. The number of anilines is 3. The molecule has 242 valence electrons. The highest BCUT2D eigenvalue weighted by Crippen LogP contribution is 2.51. The fourth-order valence-corrected chi connectivity index (χ4v) is 8.18. The van der Waals surface area contributed by atoms with Crippen molar-refractivity contribution in [3.05, 3.63) is 182 Å². The molecule has 0 unspecified atom stereocenters. The van der Waals surface area contributed by atoms with Crippen LogP contribution in [-0.4, -0.2) is 14.5 Å². The van der Waals surface area contributed by atoms with Gasteiger partial charge in [-0.15, -0.1) is 0 Å². The van der Waals surface area contributed by atoms with Gasteiger partial charge in [0.15, 0.2) is 0 Å². The molecule has 0 bridgehead atoms. The molecule has 4 heteroatoms. The zero-order chi connectivity index (χ0) is 34.2. The van der Waals surface area contributed by atoms with E-state index in [0.717, 1.165) is 61.8 Å². The van der Waals surface area contributed by atoms with E-state index in [4.69, 9.17) is 9.97 Å². The first kappa shape index (κ1) is 28.8. The van der Waals surface area contributed by atoms with E-state index >= 15 is 0 Å². The lowest BCUT2D eigenvalue weighted by atomic mass is 9.99. The van der Waals surface area contributed by atoms with E-state index in [9.17, 15) is 0 Å². The van der Waals surface area contributed by atoms with Gasteiger partial charge in [-0.3, -0.25) is 0 Å². The summed E-state index contributed by atoms with van der Waals surface area (Å²) in [6, 6.07) is 64.8. The number of benzene rings is 8. The monoisotopic (exact) mass is 662 g/mol. The van der Waals surface area contributed by atoms with Crippen LogP contribution in [0.15, 0.2) is 182 Å². The SMILES string of the molecule is c1ccc(-c2ccc(N(c3ccccc3)c3ccc(-n4c5ccccc5c5c6c7c(cccc7cc54)-c4nc5ccccc5nc4-6)cc3)cc2)cc1. The van der Waals surface area contributed by atoms with Crippen molar-refractivity contribution in [2.75, 3.05) is 4.90 Å². The highest BCUT2D eigenvalue weighted by atomic mass is 15.1. The molecule has 11 rings (SSSR count). The lowest BCUT2D eigenvalue weighted by molar-refractivity contribution is 1.17. The number of nitrogens with zero attached hydrogens (tertiary/aromatic N) is 4. The van der Waals surface area contributed by atoms with Gasteiger partial charge in [0.1, 0.15) is 0 Å². The van der Waals surface area contributed by atoms with Crippen LogP contribution in [0.4, 0.5) is 17.1 Å². The van der Waals surface area contributed by atoms with Crippen molar-refractivity contribution in [3.8, 4) is 39.3 Å². The second-order valence-electron chi connectivity index (χ2n) is 13.4. The van der Waals surface area contributed by atoms with E-state index < -0.39 is 0 Å². The summed E-state index contributed by atoms with van der Waals surface area (Å²) in [5.41, 5.74) is 15.2. The van der Waals surface area contributed by atoms with Crippen LogP contribution in [0, 0.1) is 0 Å². The van der Waals surface area contributed by atoms with Crippen LogP contribution in [0.2, 0.25) is 0 Å². The molecule has 0 saturated heterocycles. The average Bonchev–Trinajstić information content (AvgIpc) is 3.71. The molecule has 0 N–H and O–H groups in total. The van der Waals surface area contributed by atoms with Gasteiger partial charge < -0.3 is 9.47 Å². The van der Waals surface area contributed by atoms with E-state index in [-0.39, 0.29) is 0 Å². The molecule has 0 atom stereocenters. The van der Waals surface area contributed by atoms with E-state index in [0.29, 0.717) is 0 Å². The maximum Gasteiger partial charge on any atom is 0.0986 e. The molecule has 8 aromatic carbocycles. The molecule has 1 aliphatic carbocycles. The predicted molar refractivity (Wildman–Crippen MR) is 216 cm³/mol. The molecule has 0 spiro atoms. The normalized spacial score (nSPS) is 11.8. The summed E-state index contributed by atoms with van der Waals surface area (Å²) in [4.78, 5) is 12.8. The van der Waals surface area contributed by atoms with Crippen LogP contribution >= 0.6 is 0 Å². The first-order valence-electron chi connectivity index (χ1n) is 17.7. The van der Waals surface area contributed by atoms with E-state index in [1.165, 1.54) is 38.2 Å². The molecule has 1 aliphatic rings. The van der Waals surface area contributed by atoms with Crippen molar-refractivity contribution in [1.29, 1.82) is 0 Å². The third-order valence-electron chi connectivity index (χ3n) is 10.5. The van der Waals surface area contributed by atoms with Crippen LogP contribution in [0.1, 0.15) is 0 Å². The Morgan fingerprint density at radius 2 is 1.02 bits per heavy atom.